The number of hydrogen-bond donors (Lipinski definition) is 2. The summed E-state index contributed by atoms with van der Waals surface area (Å²) in [6, 6.07) is 5.41. The van der Waals surface area contributed by atoms with E-state index < -0.39 is 9.84 Å². The van der Waals surface area contributed by atoms with Crippen LogP contribution in [0.2, 0.25) is 0 Å². The Morgan fingerprint density at radius 2 is 2.08 bits per heavy atom. The second kappa shape index (κ2) is 8.12. The van der Waals surface area contributed by atoms with Crippen LogP contribution in [0.4, 0.5) is 0 Å². The van der Waals surface area contributed by atoms with Crippen LogP contribution in [0.25, 0.3) is 0 Å². The first-order valence-corrected chi connectivity index (χ1v) is 10.6. The highest BCUT2D eigenvalue weighted by atomic mass is 32.2. The third-order valence-electron chi connectivity index (χ3n) is 4.92. The van der Waals surface area contributed by atoms with Gasteiger partial charge in [0, 0.05) is 24.8 Å². The van der Waals surface area contributed by atoms with E-state index in [0.29, 0.717) is 18.2 Å². The molecule has 1 heterocycles. The minimum atomic E-state index is -3.30. The topological polar surface area (TPSA) is 67.7 Å². The average molecular weight is 354 g/mol. The van der Waals surface area contributed by atoms with Crippen LogP contribution in [0.15, 0.2) is 23.1 Å². The molecule has 0 aromatic heterocycles. The number of piperidine rings is 1. The van der Waals surface area contributed by atoms with Gasteiger partial charge < -0.3 is 10.2 Å². The lowest BCUT2D eigenvalue weighted by Gasteiger charge is -2.30. The predicted octanol–water partition coefficient (Wildman–Crippen LogP) is 0.976. The molecule has 0 radical (unpaired) electrons. The molecular formula is C18H29N2O3S+. The van der Waals surface area contributed by atoms with Crippen molar-refractivity contribution in [2.75, 3.05) is 25.9 Å². The fraction of sp³-hybridized carbons (Fsp3) is 0.611. The second-order valence-corrected chi connectivity index (χ2v) is 8.93. The summed E-state index contributed by atoms with van der Waals surface area (Å²) < 4.78 is 23.3. The number of likely N-dealkylation sites (tertiary alicyclic amines) is 1. The number of carbonyl (C=O) groups excluding carboxylic acids is 1. The first-order chi connectivity index (χ1) is 11.3. The molecular weight excluding hydrogens is 324 g/mol. The molecule has 0 saturated carbocycles. The maximum Gasteiger partial charge on any atom is 0.251 e. The summed E-state index contributed by atoms with van der Waals surface area (Å²) in [6.07, 6.45) is 6.01. The van der Waals surface area contributed by atoms with Gasteiger partial charge in [0.25, 0.3) is 5.91 Å². The van der Waals surface area contributed by atoms with Crippen LogP contribution in [-0.2, 0) is 9.84 Å². The second-order valence-electron chi connectivity index (χ2n) is 6.91. The lowest BCUT2D eigenvalue weighted by atomic mass is 10.0. The van der Waals surface area contributed by atoms with E-state index in [9.17, 15) is 13.2 Å². The van der Waals surface area contributed by atoms with Crippen molar-refractivity contribution in [3.05, 3.63) is 29.3 Å². The Labute approximate surface area is 145 Å². The van der Waals surface area contributed by atoms with Gasteiger partial charge in [0.15, 0.2) is 9.84 Å². The SMILES string of the molecule is Cc1ccc(S(C)(=O)=O)cc1C(=O)NCCC[NH+]1CCCC[C@H]1C. The lowest BCUT2D eigenvalue weighted by molar-refractivity contribution is -0.928. The Kier molecular flexibility index (Phi) is 6.40. The van der Waals surface area contributed by atoms with Crippen LogP contribution < -0.4 is 10.2 Å². The number of nitrogens with one attached hydrogen (secondary N) is 2. The Morgan fingerprint density at radius 3 is 2.75 bits per heavy atom. The molecule has 1 aliphatic rings. The maximum atomic E-state index is 12.3. The first kappa shape index (κ1) is 18.9. The molecule has 6 heteroatoms. The third kappa shape index (κ3) is 5.05. The number of amides is 1. The summed E-state index contributed by atoms with van der Waals surface area (Å²) in [6.45, 7) is 7.04. The number of rotatable bonds is 6. The Morgan fingerprint density at radius 1 is 1.33 bits per heavy atom. The quantitative estimate of drug-likeness (QED) is 0.749. The Bertz CT molecular complexity index is 686. The standard InChI is InChI=1S/C18H28N2O3S/c1-14-8-9-16(24(3,22)23)13-17(14)18(21)19-10-6-12-20-11-5-4-7-15(20)2/h8-9,13,15H,4-7,10-12H2,1-3H3,(H,19,21)/p+1/t15-/m1/s1. The van der Waals surface area contributed by atoms with Crippen molar-refractivity contribution in [1.82, 2.24) is 5.32 Å². The van der Waals surface area contributed by atoms with Crippen molar-refractivity contribution in [1.29, 1.82) is 0 Å². The van der Waals surface area contributed by atoms with Crippen LogP contribution in [0.5, 0.6) is 0 Å². The Hall–Kier alpha value is -1.40. The number of aryl methyl sites for hydroxylation is 1. The van der Waals surface area contributed by atoms with Crippen LogP contribution in [-0.4, -0.2) is 46.3 Å². The van der Waals surface area contributed by atoms with Crippen molar-refractivity contribution in [2.45, 2.75) is 50.5 Å². The molecule has 2 N–H and O–H groups in total. The molecule has 1 aliphatic heterocycles. The van der Waals surface area contributed by atoms with Crippen molar-refractivity contribution < 1.29 is 18.1 Å². The van der Waals surface area contributed by atoms with Gasteiger partial charge in [-0.25, -0.2) is 8.42 Å². The van der Waals surface area contributed by atoms with E-state index in [0.717, 1.165) is 24.8 Å². The number of sulfone groups is 1. The monoisotopic (exact) mass is 353 g/mol. The average Bonchev–Trinajstić information content (AvgIpc) is 2.52. The molecule has 24 heavy (non-hydrogen) atoms. The van der Waals surface area contributed by atoms with E-state index in [1.807, 2.05) is 6.92 Å². The molecule has 1 saturated heterocycles. The van der Waals surface area contributed by atoms with Crippen LogP contribution >= 0.6 is 0 Å². The summed E-state index contributed by atoms with van der Waals surface area (Å²) in [7, 11) is -3.30. The van der Waals surface area contributed by atoms with Gasteiger partial charge in [-0.2, -0.15) is 0 Å². The smallest absolute Gasteiger partial charge is 0.251 e. The fourth-order valence-corrected chi connectivity index (χ4v) is 3.96. The predicted molar refractivity (Wildman–Crippen MR) is 95.2 cm³/mol. The van der Waals surface area contributed by atoms with Crippen molar-refractivity contribution in [3.63, 3.8) is 0 Å². The molecule has 1 aromatic carbocycles. The van der Waals surface area contributed by atoms with E-state index >= 15 is 0 Å². The molecule has 2 atom stereocenters. The minimum absolute atomic E-state index is 0.185. The summed E-state index contributed by atoms with van der Waals surface area (Å²) in [4.78, 5) is 14.2. The van der Waals surface area contributed by atoms with Crippen LogP contribution in [0, 0.1) is 6.92 Å². The van der Waals surface area contributed by atoms with Gasteiger partial charge >= 0.3 is 0 Å². The summed E-state index contributed by atoms with van der Waals surface area (Å²) in [5.74, 6) is -0.195. The number of benzene rings is 1. The van der Waals surface area contributed by atoms with Gasteiger partial charge in [-0.05, 0) is 50.8 Å². The Balaban J connectivity index is 1.88. The molecule has 1 amide bonds. The van der Waals surface area contributed by atoms with Crippen LogP contribution in [0.3, 0.4) is 0 Å². The number of hydrogen-bond acceptors (Lipinski definition) is 3. The first-order valence-electron chi connectivity index (χ1n) is 8.72. The highest BCUT2D eigenvalue weighted by molar-refractivity contribution is 7.90. The van der Waals surface area contributed by atoms with E-state index in [2.05, 4.69) is 12.2 Å². The zero-order valence-corrected chi connectivity index (χ0v) is 15.7. The van der Waals surface area contributed by atoms with Gasteiger partial charge in [0.1, 0.15) is 0 Å². The van der Waals surface area contributed by atoms with Gasteiger partial charge in [0.05, 0.1) is 24.0 Å². The molecule has 5 nitrogen and oxygen atoms in total. The molecule has 1 fully saturated rings. The van der Waals surface area contributed by atoms with Gasteiger partial charge in [-0.3, -0.25) is 4.79 Å². The summed E-state index contributed by atoms with van der Waals surface area (Å²) in [5, 5.41) is 2.93. The molecule has 0 spiro atoms. The van der Waals surface area contributed by atoms with Crippen LogP contribution in [0.1, 0.15) is 48.5 Å². The lowest BCUT2D eigenvalue weighted by Crippen LogP contribution is -3.16. The summed E-state index contributed by atoms with van der Waals surface area (Å²) in [5.41, 5.74) is 1.23. The van der Waals surface area contributed by atoms with Crippen molar-refractivity contribution in [3.8, 4) is 0 Å². The number of carbonyl (C=O) groups is 1. The van der Waals surface area contributed by atoms with E-state index in [4.69, 9.17) is 0 Å². The van der Waals surface area contributed by atoms with Gasteiger partial charge in [-0.1, -0.05) is 6.07 Å². The van der Waals surface area contributed by atoms with Crippen molar-refractivity contribution in [2.24, 2.45) is 0 Å². The molecule has 0 aliphatic carbocycles. The highest BCUT2D eigenvalue weighted by Gasteiger charge is 2.21. The maximum absolute atomic E-state index is 12.3. The minimum Gasteiger partial charge on any atom is -0.352 e. The zero-order valence-electron chi connectivity index (χ0n) is 14.9. The molecule has 1 unspecified atom stereocenters. The van der Waals surface area contributed by atoms with Crippen molar-refractivity contribution >= 4 is 15.7 Å². The molecule has 134 valence electrons. The molecule has 0 bridgehead atoms. The van der Waals surface area contributed by atoms with E-state index in [1.54, 1.807) is 17.0 Å². The fourth-order valence-electron chi connectivity index (χ4n) is 3.31. The largest absolute Gasteiger partial charge is 0.352 e. The van der Waals surface area contributed by atoms with E-state index in [-0.39, 0.29) is 10.8 Å². The van der Waals surface area contributed by atoms with Gasteiger partial charge in [-0.15, -0.1) is 0 Å². The van der Waals surface area contributed by atoms with E-state index in [1.165, 1.54) is 31.9 Å². The molecule has 2 rings (SSSR count). The summed E-state index contributed by atoms with van der Waals surface area (Å²) >= 11 is 0. The molecule has 1 aromatic rings. The zero-order chi connectivity index (χ0) is 17.7. The number of quaternary nitrogens is 1. The van der Waals surface area contributed by atoms with Gasteiger partial charge in [0.2, 0.25) is 0 Å². The highest BCUT2D eigenvalue weighted by Crippen LogP contribution is 2.15. The third-order valence-corrected chi connectivity index (χ3v) is 6.03. The normalized spacial score (nSPS) is 21.5.